The maximum absolute atomic E-state index is 8.00. The highest BCUT2D eigenvalue weighted by molar-refractivity contribution is 5.47. The van der Waals surface area contributed by atoms with Crippen molar-refractivity contribution in [3.63, 3.8) is 0 Å². The van der Waals surface area contributed by atoms with Crippen LogP contribution < -0.4 is 10.1 Å². The molecule has 172 valence electrons. The molecular formula is C26H51NO2. The molecule has 0 saturated heterocycles. The molecule has 1 aromatic carbocycles. The van der Waals surface area contributed by atoms with Crippen molar-refractivity contribution in [1.29, 1.82) is 0 Å². The Morgan fingerprint density at radius 3 is 1.83 bits per heavy atom. The first kappa shape index (κ1) is 34.7. The van der Waals surface area contributed by atoms with Crippen LogP contribution in [0.1, 0.15) is 94.4 Å². The molecule has 0 unspecified atom stereocenters. The Kier molecular flexibility index (Phi) is 37.0. The van der Waals surface area contributed by atoms with Crippen LogP contribution in [0.3, 0.4) is 0 Å². The molecule has 3 heteroatoms. The molecule has 1 aliphatic rings. The van der Waals surface area contributed by atoms with E-state index in [1.165, 1.54) is 32.1 Å². The van der Waals surface area contributed by atoms with Gasteiger partial charge in [-0.1, -0.05) is 94.6 Å². The van der Waals surface area contributed by atoms with Gasteiger partial charge >= 0.3 is 0 Å². The number of carbonyl (C=O) groups excluding carboxylic acids is 1. The first-order chi connectivity index (χ1) is 14.2. The number of hydrogen-bond donors (Lipinski definition) is 1. The smallest absolute Gasteiger partial charge is 0.119 e. The van der Waals surface area contributed by atoms with E-state index in [9.17, 15) is 0 Å². The first-order valence-electron chi connectivity index (χ1n) is 11.6. The Morgan fingerprint density at radius 2 is 1.41 bits per heavy atom. The van der Waals surface area contributed by atoms with Gasteiger partial charge in [-0.15, -0.1) is 0 Å². The molecule has 0 amide bonds. The summed E-state index contributed by atoms with van der Waals surface area (Å²) in [6, 6.07) is 8.06. The van der Waals surface area contributed by atoms with Crippen LogP contribution in [0.15, 0.2) is 37.0 Å². The summed E-state index contributed by atoms with van der Waals surface area (Å²) in [7, 11) is 0. The highest BCUT2D eigenvalue weighted by Gasteiger charge is 2.21. The van der Waals surface area contributed by atoms with E-state index < -0.39 is 0 Å². The number of benzene rings is 1. The third-order valence-corrected chi connectivity index (χ3v) is 3.88. The molecule has 0 spiro atoms. The lowest BCUT2D eigenvalue weighted by Gasteiger charge is -2.28. The molecule has 2 rings (SSSR count). The molecule has 0 radical (unpaired) electrons. The molecule has 1 saturated carbocycles. The van der Waals surface area contributed by atoms with Crippen LogP contribution in [0.5, 0.6) is 5.75 Å². The highest BCUT2D eigenvalue weighted by Crippen LogP contribution is 2.30. The second-order valence-corrected chi connectivity index (χ2v) is 5.91. The second-order valence-electron chi connectivity index (χ2n) is 5.91. The largest absolute Gasteiger partial charge is 0.493 e. The summed E-state index contributed by atoms with van der Waals surface area (Å²) in [4.78, 5) is 8.00. The van der Waals surface area contributed by atoms with E-state index in [-0.39, 0.29) is 0 Å². The van der Waals surface area contributed by atoms with Crippen molar-refractivity contribution in [3.8, 4) is 5.75 Å². The lowest BCUT2D eigenvalue weighted by molar-refractivity contribution is -0.0979. The minimum absolute atomic E-state index is 0.727. The van der Waals surface area contributed by atoms with Crippen molar-refractivity contribution < 1.29 is 9.53 Å². The van der Waals surface area contributed by atoms with Gasteiger partial charge < -0.3 is 14.8 Å². The Hall–Kier alpha value is -1.77. The molecule has 0 bridgehead atoms. The van der Waals surface area contributed by atoms with Gasteiger partial charge in [0.05, 0.1) is 6.61 Å². The average Bonchev–Trinajstić information content (AvgIpc) is 2.80. The Morgan fingerprint density at radius 1 is 0.966 bits per heavy atom. The van der Waals surface area contributed by atoms with E-state index in [0.717, 1.165) is 29.9 Å². The zero-order valence-corrected chi connectivity index (χ0v) is 21.0. The fourth-order valence-corrected chi connectivity index (χ4v) is 2.61. The van der Waals surface area contributed by atoms with Crippen LogP contribution >= 0.6 is 0 Å². The zero-order chi connectivity index (χ0) is 23.5. The van der Waals surface area contributed by atoms with Gasteiger partial charge in [-0.05, 0) is 48.7 Å². The summed E-state index contributed by atoms with van der Waals surface area (Å²) in [6.45, 7) is 25.1. The van der Waals surface area contributed by atoms with Crippen LogP contribution in [0, 0.1) is 11.8 Å². The summed E-state index contributed by atoms with van der Waals surface area (Å²) < 4.78 is 5.90. The van der Waals surface area contributed by atoms with Gasteiger partial charge in [-0.25, -0.2) is 0 Å². The quantitative estimate of drug-likeness (QED) is 0.528. The molecule has 1 aliphatic carbocycles. The third kappa shape index (κ3) is 20.8. The van der Waals surface area contributed by atoms with Crippen molar-refractivity contribution in [2.75, 3.05) is 11.9 Å². The highest BCUT2D eigenvalue weighted by atomic mass is 16.5. The third-order valence-electron chi connectivity index (χ3n) is 3.88. The number of anilines is 1. The number of nitrogens with one attached hydrogen (secondary N) is 1. The molecule has 2 atom stereocenters. The summed E-state index contributed by atoms with van der Waals surface area (Å²) in [5, 5.41) is 3.06. The van der Waals surface area contributed by atoms with Gasteiger partial charge in [0, 0.05) is 5.69 Å². The number of rotatable bonds is 5. The van der Waals surface area contributed by atoms with Gasteiger partial charge in [0.25, 0.3) is 0 Å². The van der Waals surface area contributed by atoms with Crippen LogP contribution in [-0.2, 0) is 4.79 Å². The van der Waals surface area contributed by atoms with Gasteiger partial charge in [0.2, 0.25) is 0 Å². The normalized spacial score (nSPS) is 15.9. The Bertz CT molecular complexity index is 404. The monoisotopic (exact) mass is 409 g/mol. The summed E-state index contributed by atoms with van der Waals surface area (Å²) in [6.07, 6.45) is 8.35. The molecule has 1 aromatic rings. The first-order valence-corrected chi connectivity index (χ1v) is 11.6. The van der Waals surface area contributed by atoms with Gasteiger partial charge in [0.15, 0.2) is 0 Å². The van der Waals surface area contributed by atoms with E-state index in [0.29, 0.717) is 0 Å². The topological polar surface area (TPSA) is 38.3 Å². The number of carbonyl (C=O) groups is 1. The second kappa shape index (κ2) is 30.9. The molecular weight excluding hydrogens is 358 g/mol. The van der Waals surface area contributed by atoms with Gasteiger partial charge in [0.1, 0.15) is 12.5 Å². The minimum Gasteiger partial charge on any atom is -0.493 e. The molecule has 1 fully saturated rings. The van der Waals surface area contributed by atoms with Crippen molar-refractivity contribution in [1.82, 2.24) is 0 Å². The standard InChI is InChI=1S/C16H23NO.C3H8.3C2H6.CH2O/c1-3-17-15-8-10-16(11-9-15)18-12-14-7-5-4-6-13(14)2;1-3-2;4*1-2/h3,8-11,13-14,17H,1,4-7,12H2,2H3;3H2,1-2H3;3*1-2H3;1H2/t13-,14+;;;;;/m0...../s1. The molecule has 0 heterocycles. The Balaban J connectivity index is -0.000000244. The maximum Gasteiger partial charge on any atom is 0.119 e. The van der Waals surface area contributed by atoms with Crippen LogP contribution in [0.25, 0.3) is 0 Å². The number of hydrogen-bond acceptors (Lipinski definition) is 3. The fraction of sp³-hybridized carbons (Fsp3) is 0.654. The predicted molar refractivity (Wildman–Crippen MR) is 134 cm³/mol. The van der Waals surface area contributed by atoms with E-state index in [1.807, 2.05) is 72.6 Å². The maximum atomic E-state index is 8.00. The molecule has 0 aromatic heterocycles. The number of ether oxygens (including phenoxy) is 1. The molecule has 29 heavy (non-hydrogen) atoms. The van der Waals surface area contributed by atoms with Crippen LogP contribution in [0.4, 0.5) is 5.69 Å². The zero-order valence-electron chi connectivity index (χ0n) is 21.0. The van der Waals surface area contributed by atoms with Crippen LogP contribution in [-0.4, -0.2) is 13.4 Å². The Labute approximate surface area is 183 Å². The molecule has 1 N–H and O–H groups in total. The lowest BCUT2D eigenvalue weighted by atomic mass is 9.81. The average molecular weight is 410 g/mol. The van der Waals surface area contributed by atoms with Crippen molar-refractivity contribution >= 4 is 12.5 Å². The van der Waals surface area contributed by atoms with E-state index in [4.69, 9.17) is 9.53 Å². The van der Waals surface area contributed by atoms with Crippen molar-refractivity contribution in [2.24, 2.45) is 11.8 Å². The predicted octanol–water partition coefficient (Wildman–Crippen LogP) is 8.76. The van der Waals surface area contributed by atoms with Crippen molar-refractivity contribution in [3.05, 3.63) is 37.0 Å². The van der Waals surface area contributed by atoms with Crippen molar-refractivity contribution in [2.45, 2.75) is 94.4 Å². The van der Waals surface area contributed by atoms with Gasteiger partial charge in [-0.3, -0.25) is 0 Å². The summed E-state index contributed by atoms with van der Waals surface area (Å²) in [5.74, 6) is 2.49. The van der Waals surface area contributed by atoms with E-state index in [2.05, 4.69) is 32.7 Å². The van der Waals surface area contributed by atoms with Gasteiger partial charge in [-0.2, -0.15) is 0 Å². The fourth-order valence-electron chi connectivity index (χ4n) is 2.61. The summed E-state index contributed by atoms with van der Waals surface area (Å²) in [5.41, 5.74) is 1.04. The summed E-state index contributed by atoms with van der Waals surface area (Å²) >= 11 is 0. The van der Waals surface area contributed by atoms with Crippen LogP contribution in [0.2, 0.25) is 0 Å². The molecule has 3 nitrogen and oxygen atoms in total. The lowest BCUT2D eigenvalue weighted by Crippen LogP contribution is -2.23. The van der Waals surface area contributed by atoms with E-state index >= 15 is 0 Å². The molecule has 0 aliphatic heterocycles. The minimum atomic E-state index is 0.727. The van der Waals surface area contributed by atoms with E-state index in [1.54, 1.807) is 6.20 Å². The SMILES string of the molecule is C=CNc1ccc(OC[C@H]2CCCC[C@@H]2C)cc1.C=O.CC.CC.CC.CCC.